The molecular weight excluding hydrogens is 421 g/mol. The Kier molecular flexibility index (Phi) is 5.56. The summed E-state index contributed by atoms with van der Waals surface area (Å²) in [5.41, 5.74) is -5.95. The average Bonchev–Trinajstić information content (AvgIpc) is 2.44. The summed E-state index contributed by atoms with van der Waals surface area (Å²) in [6.07, 6.45) is 1.92. The van der Waals surface area contributed by atoms with E-state index in [9.17, 15) is 18.5 Å². The Bertz CT molecular complexity index is 836. The Balaban J connectivity index is 2.38. The molecule has 10 heteroatoms. The molecule has 0 radical (unpaired) electrons. The summed E-state index contributed by atoms with van der Waals surface area (Å²) in [6.45, 7) is 3.75. The molecule has 4 N–H and O–H groups in total. The van der Waals surface area contributed by atoms with Gasteiger partial charge in [-0.25, -0.2) is 4.98 Å². The van der Waals surface area contributed by atoms with Crippen LogP contribution in [-0.2, 0) is 10.2 Å². The van der Waals surface area contributed by atoms with Gasteiger partial charge in [0.15, 0.2) is 0 Å². The maximum Gasteiger partial charge on any atom is 0.399 e. The second kappa shape index (κ2) is 6.89. The SMILES string of the molecule is CC(C)(O)CCNc1cc2cc(C(F)(F)P(=O)(O)O)c(Br)cc2cn1. The number of halogens is 3. The Morgan fingerprint density at radius 1 is 1.24 bits per heavy atom. The second-order valence-electron chi connectivity index (χ2n) is 6.32. The van der Waals surface area contributed by atoms with E-state index in [1.807, 2.05) is 0 Å². The van der Waals surface area contributed by atoms with Crippen LogP contribution in [0.1, 0.15) is 25.8 Å². The highest BCUT2D eigenvalue weighted by atomic mass is 79.9. The van der Waals surface area contributed by atoms with Crippen LogP contribution in [0.2, 0.25) is 0 Å². The number of benzene rings is 1. The number of pyridine rings is 1. The number of rotatable bonds is 6. The van der Waals surface area contributed by atoms with Gasteiger partial charge in [0.25, 0.3) is 0 Å². The molecule has 0 bridgehead atoms. The lowest BCUT2D eigenvalue weighted by Crippen LogP contribution is -2.22. The number of fused-ring (bicyclic) bond motifs is 1. The molecule has 1 aromatic heterocycles. The summed E-state index contributed by atoms with van der Waals surface area (Å²) < 4.78 is 39.1. The summed E-state index contributed by atoms with van der Waals surface area (Å²) in [4.78, 5) is 22.0. The predicted molar refractivity (Wildman–Crippen MR) is 94.8 cm³/mol. The number of hydrogen-bond acceptors (Lipinski definition) is 4. The minimum atomic E-state index is -5.67. The maximum atomic E-state index is 14.0. The number of nitrogens with zero attached hydrogens (tertiary/aromatic N) is 1. The van der Waals surface area contributed by atoms with Crippen molar-refractivity contribution >= 4 is 40.1 Å². The second-order valence-corrected chi connectivity index (χ2v) is 8.83. The zero-order valence-electron chi connectivity index (χ0n) is 13.5. The van der Waals surface area contributed by atoms with Crippen molar-refractivity contribution in [2.24, 2.45) is 0 Å². The van der Waals surface area contributed by atoms with Crippen molar-refractivity contribution in [1.29, 1.82) is 0 Å². The van der Waals surface area contributed by atoms with Crippen LogP contribution in [0.25, 0.3) is 10.8 Å². The van der Waals surface area contributed by atoms with Gasteiger partial charge in [-0.3, -0.25) is 4.57 Å². The van der Waals surface area contributed by atoms with Crippen LogP contribution in [-0.4, -0.2) is 32.0 Å². The van der Waals surface area contributed by atoms with Crippen LogP contribution in [0.4, 0.5) is 14.6 Å². The highest BCUT2D eigenvalue weighted by Crippen LogP contribution is 2.60. The normalized spacial score (nSPS) is 13.3. The topological polar surface area (TPSA) is 103 Å². The van der Waals surface area contributed by atoms with Gasteiger partial charge < -0.3 is 20.2 Å². The quantitative estimate of drug-likeness (QED) is 0.511. The summed E-state index contributed by atoms with van der Waals surface area (Å²) in [6, 6.07) is 3.87. The molecule has 1 heterocycles. The van der Waals surface area contributed by atoms with E-state index >= 15 is 0 Å². The van der Waals surface area contributed by atoms with Crippen LogP contribution in [0.15, 0.2) is 28.9 Å². The van der Waals surface area contributed by atoms with Crippen molar-refractivity contribution in [3.05, 3.63) is 34.4 Å². The highest BCUT2D eigenvalue weighted by Gasteiger charge is 2.51. The maximum absolute atomic E-state index is 14.0. The molecule has 1 aromatic carbocycles. The molecule has 0 fully saturated rings. The van der Waals surface area contributed by atoms with Crippen LogP contribution < -0.4 is 5.32 Å². The predicted octanol–water partition coefficient (Wildman–Crippen LogP) is 3.80. The number of aromatic nitrogens is 1. The van der Waals surface area contributed by atoms with E-state index in [4.69, 9.17) is 9.79 Å². The molecule has 0 amide bonds. The van der Waals surface area contributed by atoms with E-state index in [0.717, 1.165) is 6.07 Å². The number of aliphatic hydroxyl groups is 1. The zero-order chi connectivity index (χ0) is 19.0. The molecule has 0 aliphatic carbocycles. The molecule has 0 unspecified atom stereocenters. The van der Waals surface area contributed by atoms with Gasteiger partial charge in [-0.05, 0) is 43.9 Å². The van der Waals surface area contributed by atoms with Crippen LogP contribution in [0.3, 0.4) is 0 Å². The highest BCUT2D eigenvalue weighted by molar-refractivity contribution is 9.10. The van der Waals surface area contributed by atoms with Crippen molar-refractivity contribution in [2.45, 2.75) is 31.5 Å². The third-order valence-electron chi connectivity index (χ3n) is 3.54. The van der Waals surface area contributed by atoms with Gasteiger partial charge in [-0.15, -0.1) is 0 Å². The van der Waals surface area contributed by atoms with Gasteiger partial charge >= 0.3 is 13.3 Å². The number of alkyl halides is 2. The van der Waals surface area contributed by atoms with Gasteiger partial charge in [0.1, 0.15) is 5.82 Å². The minimum Gasteiger partial charge on any atom is -0.390 e. The Morgan fingerprint density at radius 2 is 1.88 bits per heavy atom. The monoisotopic (exact) mass is 438 g/mol. The standard InChI is InChI=1S/C15H18BrF2N2O4P/c1-14(2,21)3-4-19-13-7-9-5-11(15(17,18)25(22,23)24)12(16)6-10(9)8-20-13/h5-8,21H,3-4H2,1-2H3,(H,19,20)(H2,22,23,24). The summed E-state index contributed by atoms with van der Waals surface area (Å²) in [5, 5.41) is 13.5. The van der Waals surface area contributed by atoms with E-state index in [0.29, 0.717) is 29.6 Å². The van der Waals surface area contributed by atoms with Crippen molar-refractivity contribution in [1.82, 2.24) is 4.98 Å². The molecular formula is C15H18BrF2N2O4P. The Hall–Kier alpha value is -1.12. The fraction of sp³-hybridized carbons (Fsp3) is 0.400. The molecule has 0 atom stereocenters. The summed E-state index contributed by atoms with van der Waals surface area (Å²) >= 11 is 2.93. The first-order valence-electron chi connectivity index (χ1n) is 7.31. The summed E-state index contributed by atoms with van der Waals surface area (Å²) in [7, 11) is -5.67. The molecule has 2 rings (SSSR count). The molecule has 25 heavy (non-hydrogen) atoms. The lowest BCUT2D eigenvalue weighted by molar-refractivity contribution is 0.0558. The number of anilines is 1. The first-order valence-corrected chi connectivity index (χ1v) is 9.71. The fourth-order valence-electron chi connectivity index (χ4n) is 2.15. The fourth-order valence-corrected chi connectivity index (χ4v) is 3.41. The zero-order valence-corrected chi connectivity index (χ0v) is 16.0. The minimum absolute atomic E-state index is 0.113. The van der Waals surface area contributed by atoms with E-state index in [1.54, 1.807) is 13.8 Å². The molecule has 138 valence electrons. The third kappa shape index (κ3) is 4.74. The molecule has 0 spiro atoms. The molecule has 6 nitrogen and oxygen atoms in total. The van der Waals surface area contributed by atoms with Crippen molar-refractivity contribution in [3.8, 4) is 0 Å². The molecule has 0 aliphatic heterocycles. The first kappa shape index (κ1) is 20.2. The van der Waals surface area contributed by atoms with Crippen LogP contribution in [0, 0.1) is 0 Å². The van der Waals surface area contributed by atoms with E-state index in [2.05, 4.69) is 26.2 Å². The first-order chi connectivity index (χ1) is 11.3. The Labute approximate surface area is 151 Å². The number of nitrogens with one attached hydrogen (secondary N) is 1. The number of hydrogen-bond donors (Lipinski definition) is 4. The molecule has 2 aromatic rings. The van der Waals surface area contributed by atoms with Crippen molar-refractivity contribution < 1.29 is 28.2 Å². The van der Waals surface area contributed by atoms with Crippen LogP contribution in [0.5, 0.6) is 0 Å². The smallest absolute Gasteiger partial charge is 0.390 e. The largest absolute Gasteiger partial charge is 0.399 e. The van der Waals surface area contributed by atoms with Gasteiger partial charge in [0, 0.05) is 28.2 Å². The van der Waals surface area contributed by atoms with Gasteiger partial charge in [0.2, 0.25) is 0 Å². The van der Waals surface area contributed by atoms with Crippen molar-refractivity contribution in [2.75, 3.05) is 11.9 Å². The van der Waals surface area contributed by atoms with Crippen LogP contribution >= 0.6 is 23.5 Å². The summed E-state index contributed by atoms with van der Waals surface area (Å²) in [5.74, 6) is 0.407. The average molecular weight is 439 g/mol. The Morgan fingerprint density at radius 3 is 2.44 bits per heavy atom. The van der Waals surface area contributed by atoms with Gasteiger partial charge in [-0.1, -0.05) is 15.9 Å². The molecule has 0 aliphatic rings. The third-order valence-corrected chi connectivity index (χ3v) is 5.17. The lowest BCUT2D eigenvalue weighted by atomic mass is 10.1. The lowest BCUT2D eigenvalue weighted by Gasteiger charge is -2.20. The van der Waals surface area contributed by atoms with E-state index < -0.39 is 24.4 Å². The van der Waals surface area contributed by atoms with Gasteiger partial charge in [-0.2, -0.15) is 8.78 Å². The molecule has 0 saturated heterocycles. The van der Waals surface area contributed by atoms with E-state index in [1.165, 1.54) is 18.3 Å². The van der Waals surface area contributed by atoms with Gasteiger partial charge in [0.05, 0.1) is 5.60 Å². The van der Waals surface area contributed by atoms with E-state index in [-0.39, 0.29) is 4.47 Å². The van der Waals surface area contributed by atoms with Crippen molar-refractivity contribution in [3.63, 3.8) is 0 Å². The molecule has 0 saturated carbocycles.